The van der Waals surface area contributed by atoms with Crippen LogP contribution in [0.4, 0.5) is 5.69 Å². The molecule has 0 bridgehead atoms. The first-order valence-electron chi connectivity index (χ1n) is 8.64. The fourth-order valence-electron chi connectivity index (χ4n) is 2.88. The van der Waals surface area contributed by atoms with Crippen molar-refractivity contribution in [1.82, 2.24) is 4.90 Å². The van der Waals surface area contributed by atoms with Crippen molar-refractivity contribution in [2.45, 2.75) is 24.3 Å². The Kier molecular flexibility index (Phi) is 6.13. The third-order valence-electron chi connectivity index (χ3n) is 4.18. The number of carboxylic acids is 1. The van der Waals surface area contributed by atoms with E-state index >= 15 is 0 Å². The summed E-state index contributed by atoms with van der Waals surface area (Å²) < 4.78 is 0. The number of anilines is 1. The number of benzene rings is 2. The Balaban J connectivity index is 1.79. The summed E-state index contributed by atoms with van der Waals surface area (Å²) in [5, 5.41) is 11.7. The van der Waals surface area contributed by atoms with Crippen molar-refractivity contribution in [2.24, 2.45) is 0 Å². The van der Waals surface area contributed by atoms with Crippen molar-refractivity contribution < 1.29 is 19.5 Å². The summed E-state index contributed by atoms with van der Waals surface area (Å²) in [4.78, 5) is 38.1. The summed E-state index contributed by atoms with van der Waals surface area (Å²) in [6.07, 6.45) is 0.390. The fourth-order valence-corrected chi connectivity index (χ4v) is 3.66. The predicted molar refractivity (Wildman–Crippen MR) is 104 cm³/mol. The minimum absolute atomic E-state index is 0.00938. The van der Waals surface area contributed by atoms with Gasteiger partial charge in [0, 0.05) is 30.0 Å². The predicted octanol–water partition coefficient (Wildman–Crippen LogP) is 3.24. The number of carbonyl (C=O) groups excluding carboxylic acids is 2. The highest BCUT2D eigenvalue weighted by Gasteiger charge is 2.21. The van der Waals surface area contributed by atoms with Crippen LogP contribution in [-0.2, 0) is 16.1 Å². The van der Waals surface area contributed by atoms with E-state index in [0.717, 1.165) is 10.5 Å². The highest BCUT2D eigenvalue weighted by Crippen LogP contribution is 2.32. The summed E-state index contributed by atoms with van der Waals surface area (Å²) in [6, 6.07) is 14.9. The lowest BCUT2D eigenvalue weighted by Crippen LogP contribution is -2.32. The lowest BCUT2D eigenvalue weighted by atomic mass is 10.1. The van der Waals surface area contributed by atoms with Crippen LogP contribution in [0.15, 0.2) is 53.4 Å². The molecule has 2 aromatic carbocycles. The largest absolute Gasteiger partial charge is 0.481 e. The Morgan fingerprint density at radius 2 is 1.93 bits per heavy atom. The standard InChI is InChI=1S/C20H20N2O4S/c23-18-13-27-17-9-8-15(11-16(17)21-18)20(26)22(10-4-7-19(24)25)12-14-5-2-1-3-6-14/h1-3,5-6,8-9,11H,4,7,10,12-13H2,(H,21,23)(H,24,25). The van der Waals surface area contributed by atoms with Crippen molar-refractivity contribution in [3.63, 3.8) is 0 Å². The van der Waals surface area contributed by atoms with Gasteiger partial charge in [0.1, 0.15) is 0 Å². The van der Waals surface area contributed by atoms with Crippen LogP contribution < -0.4 is 5.32 Å². The minimum atomic E-state index is -0.879. The van der Waals surface area contributed by atoms with Crippen LogP contribution in [0.1, 0.15) is 28.8 Å². The second-order valence-electron chi connectivity index (χ2n) is 6.26. The van der Waals surface area contributed by atoms with Gasteiger partial charge >= 0.3 is 5.97 Å². The Labute approximate surface area is 161 Å². The lowest BCUT2D eigenvalue weighted by Gasteiger charge is -2.24. The van der Waals surface area contributed by atoms with E-state index in [1.54, 1.807) is 17.0 Å². The third-order valence-corrected chi connectivity index (χ3v) is 5.26. The Morgan fingerprint density at radius 1 is 1.15 bits per heavy atom. The van der Waals surface area contributed by atoms with Gasteiger partial charge in [0.2, 0.25) is 5.91 Å². The summed E-state index contributed by atoms with van der Waals surface area (Å²) in [5.41, 5.74) is 2.10. The number of amides is 2. The maximum atomic E-state index is 13.1. The molecule has 2 aromatic rings. The van der Waals surface area contributed by atoms with Crippen molar-refractivity contribution in [1.29, 1.82) is 0 Å². The van der Waals surface area contributed by atoms with E-state index in [2.05, 4.69) is 5.32 Å². The Bertz CT molecular complexity index is 854. The van der Waals surface area contributed by atoms with E-state index in [0.29, 0.717) is 36.5 Å². The molecule has 0 aromatic heterocycles. The molecule has 3 rings (SSSR count). The number of thioether (sulfide) groups is 1. The second-order valence-corrected chi connectivity index (χ2v) is 7.27. The van der Waals surface area contributed by atoms with Crippen molar-refractivity contribution in [3.8, 4) is 0 Å². The molecular weight excluding hydrogens is 364 g/mol. The number of aliphatic carboxylic acids is 1. The highest BCUT2D eigenvalue weighted by atomic mass is 32.2. The Morgan fingerprint density at radius 3 is 2.67 bits per heavy atom. The number of nitrogens with zero attached hydrogens (tertiary/aromatic N) is 1. The van der Waals surface area contributed by atoms with Gasteiger partial charge in [-0.25, -0.2) is 0 Å². The molecule has 0 atom stereocenters. The van der Waals surface area contributed by atoms with Gasteiger partial charge in [-0.1, -0.05) is 30.3 Å². The fraction of sp³-hybridized carbons (Fsp3) is 0.250. The molecule has 27 heavy (non-hydrogen) atoms. The van der Waals surface area contributed by atoms with Crippen LogP contribution >= 0.6 is 11.8 Å². The zero-order valence-corrected chi connectivity index (χ0v) is 15.5. The van der Waals surface area contributed by atoms with E-state index in [-0.39, 0.29) is 18.2 Å². The van der Waals surface area contributed by atoms with Crippen molar-refractivity contribution in [3.05, 3.63) is 59.7 Å². The van der Waals surface area contributed by atoms with Crippen LogP contribution in [0.2, 0.25) is 0 Å². The first-order valence-corrected chi connectivity index (χ1v) is 9.63. The number of nitrogens with one attached hydrogen (secondary N) is 1. The summed E-state index contributed by atoms with van der Waals surface area (Å²) in [5.74, 6) is -0.775. The third kappa shape index (κ3) is 5.10. The number of carbonyl (C=O) groups is 3. The van der Waals surface area contributed by atoms with E-state index in [1.807, 2.05) is 36.4 Å². The molecular formula is C20H20N2O4S. The first-order chi connectivity index (χ1) is 13.0. The monoisotopic (exact) mass is 384 g/mol. The quantitative estimate of drug-likeness (QED) is 0.765. The molecule has 0 aliphatic carbocycles. The van der Waals surface area contributed by atoms with Crippen LogP contribution in [0.5, 0.6) is 0 Å². The molecule has 0 unspecified atom stereocenters. The van der Waals surface area contributed by atoms with Crippen molar-refractivity contribution >= 4 is 35.2 Å². The van der Waals surface area contributed by atoms with Gasteiger partial charge < -0.3 is 15.3 Å². The molecule has 1 heterocycles. The van der Waals surface area contributed by atoms with Crippen LogP contribution in [0.3, 0.4) is 0 Å². The average molecular weight is 384 g/mol. The zero-order chi connectivity index (χ0) is 19.2. The van der Waals surface area contributed by atoms with Crippen LogP contribution in [0, 0.1) is 0 Å². The van der Waals surface area contributed by atoms with E-state index in [9.17, 15) is 14.4 Å². The van der Waals surface area contributed by atoms with Crippen molar-refractivity contribution in [2.75, 3.05) is 17.6 Å². The second kappa shape index (κ2) is 8.73. The molecule has 7 heteroatoms. The molecule has 0 saturated heterocycles. The van der Waals surface area contributed by atoms with E-state index in [4.69, 9.17) is 5.11 Å². The summed E-state index contributed by atoms with van der Waals surface area (Å²) in [7, 11) is 0. The highest BCUT2D eigenvalue weighted by molar-refractivity contribution is 8.00. The maximum Gasteiger partial charge on any atom is 0.303 e. The Hall–Kier alpha value is -2.80. The smallest absolute Gasteiger partial charge is 0.303 e. The average Bonchev–Trinajstić information content (AvgIpc) is 2.66. The minimum Gasteiger partial charge on any atom is -0.481 e. The molecule has 0 fully saturated rings. The van der Waals surface area contributed by atoms with Gasteiger partial charge in [0.05, 0.1) is 11.4 Å². The van der Waals surface area contributed by atoms with Gasteiger partial charge in [-0.05, 0) is 30.2 Å². The van der Waals surface area contributed by atoms with E-state index < -0.39 is 5.97 Å². The molecule has 2 amide bonds. The van der Waals surface area contributed by atoms with Gasteiger partial charge in [0.15, 0.2) is 0 Å². The number of hydrogen-bond donors (Lipinski definition) is 2. The molecule has 0 radical (unpaired) electrons. The zero-order valence-electron chi connectivity index (χ0n) is 14.7. The summed E-state index contributed by atoms with van der Waals surface area (Å²) >= 11 is 1.44. The molecule has 0 saturated carbocycles. The topological polar surface area (TPSA) is 86.7 Å². The van der Waals surface area contributed by atoms with E-state index in [1.165, 1.54) is 11.8 Å². The molecule has 2 N–H and O–H groups in total. The first kappa shape index (κ1) is 19.0. The van der Waals surface area contributed by atoms with Gasteiger partial charge in [-0.2, -0.15) is 0 Å². The molecule has 1 aliphatic rings. The lowest BCUT2D eigenvalue weighted by molar-refractivity contribution is -0.137. The number of rotatable bonds is 7. The number of carboxylic acid groups (broad SMARTS) is 1. The molecule has 6 nitrogen and oxygen atoms in total. The molecule has 1 aliphatic heterocycles. The molecule has 140 valence electrons. The maximum absolute atomic E-state index is 13.1. The number of hydrogen-bond acceptors (Lipinski definition) is 4. The summed E-state index contributed by atoms with van der Waals surface area (Å²) in [6.45, 7) is 0.746. The van der Waals surface area contributed by atoms with Gasteiger partial charge in [-0.15, -0.1) is 11.8 Å². The van der Waals surface area contributed by atoms with Crippen LogP contribution in [-0.4, -0.2) is 40.1 Å². The molecule has 0 spiro atoms. The van der Waals surface area contributed by atoms with Crippen LogP contribution in [0.25, 0.3) is 0 Å². The number of fused-ring (bicyclic) bond motifs is 1. The van der Waals surface area contributed by atoms with Gasteiger partial charge in [-0.3, -0.25) is 14.4 Å². The SMILES string of the molecule is O=C(O)CCCN(Cc1ccccc1)C(=O)c1ccc2c(c1)NC(=O)CS2. The normalized spacial score (nSPS) is 12.8. The van der Waals surface area contributed by atoms with Gasteiger partial charge in [0.25, 0.3) is 5.91 Å².